The van der Waals surface area contributed by atoms with Crippen molar-refractivity contribution in [3.63, 3.8) is 0 Å². The lowest BCUT2D eigenvalue weighted by Gasteiger charge is -2.29. The second-order valence-corrected chi connectivity index (χ2v) is 4.86. The smallest absolute Gasteiger partial charge is 0.377 e. The molecular weight excluding hydrogens is 256 g/mol. The van der Waals surface area contributed by atoms with Gasteiger partial charge in [0.25, 0.3) is 0 Å². The summed E-state index contributed by atoms with van der Waals surface area (Å²) in [7, 11) is 0. The summed E-state index contributed by atoms with van der Waals surface area (Å²) in [5, 5.41) is 18.4. The summed E-state index contributed by atoms with van der Waals surface area (Å²) >= 11 is 0. The average molecular weight is 271 g/mol. The second kappa shape index (κ2) is 4.86. The number of halogens is 2. The van der Waals surface area contributed by atoms with E-state index in [1.165, 1.54) is 0 Å². The van der Waals surface area contributed by atoms with Crippen LogP contribution in [0.15, 0.2) is 30.3 Å². The number of rotatable bonds is 4. The highest BCUT2D eigenvalue weighted by molar-refractivity contribution is 5.77. The van der Waals surface area contributed by atoms with Gasteiger partial charge in [0, 0.05) is 19.6 Å². The quantitative estimate of drug-likeness (QED) is 0.867. The molecule has 2 rings (SSSR count). The summed E-state index contributed by atoms with van der Waals surface area (Å²) in [6.07, 6.45) is -0.251. The van der Waals surface area contributed by atoms with E-state index in [1.807, 2.05) is 30.3 Å². The Labute approximate surface area is 109 Å². The van der Waals surface area contributed by atoms with Gasteiger partial charge in [0.05, 0.1) is 0 Å². The lowest BCUT2D eigenvalue weighted by Crippen LogP contribution is -2.54. The molecule has 1 aliphatic rings. The van der Waals surface area contributed by atoms with Gasteiger partial charge in [-0.2, -0.15) is 8.78 Å². The van der Waals surface area contributed by atoms with Crippen molar-refractivity contribution in [3.8, 4) is 0 Å². The van der Waals surface area contributed by atoms with Gasteiger partial charge in [-0.1, -0.05) is 30.3 Å². The van der Waals surface area contributed by atoms with E-state index in [-0.39, 0.29) is 19.5 Å². The molecule has 2 N–H and O–H groups in total. The van der Waals surface area contributed by atoms with Gasteiger partial charge in [-0.3, -0.25) is 4.90 Å². The molecule has 0 spiro atoms. The van der Waals surface area contributed by atoms with Crippen LogP contribution < -0.4 is 0 Å². The van der Waals surface area contributed by atoms with Crippen LogP contribution in [0.5, 0.6) is 0 Å². The number of nitrogens with zero attached hydrogens (tertiary/aromatic N) is 1. The third kappa shape index (κ3) is 2.59. The Kier molecular flexibility index (Phi) is 3.56. The summed E-state index contributed by atoms with van der Waals surface area (Å²) in [5.74, 6) is -6.41. The number of benzene rings is 1. The Morgan fingerprint density at radius 2 is 2.00 bits per heavy atom. The van der Waals surface area contributed by atoms with Gasteiger partial charge in [-0.15, -0.1) is 0 Å². The monoisotopic (exact) mass is 271 g/mol. The molecule has 0 amide bonds. The molecule has 1 unspecified atom stereocenters. The molecule has 4 nitrogen and oxygen atoms in total. The van der Waals surface area contributed by atoms with Crippen molar-refractivity contribution in [2.75, 3.05) is 13.1 Å². The molecule has 0 radical (unpaired) electrons. The zero-order chi connectivity index (χ0) is 14.1. The molecule has 1 saturated heterocycles. The van der Waals surface area contributed by atoms with Crippen LogP contribution in [0.25, 0.3) is 0 Å². The van der Waals surface area contributed by atoms with Gasteiger partial charge in [0.1, 0.15) is 0 Å². The minimum atomic E-state index is -4.13. The van der Waals surface area contributed by atoms with Crippen LogP contribution in [-0.2, 0) is 11.3 Å². The van der Waals surface area contributed by atoms with Crippen LogP contribution in [0, 0.1) is 0 Å². The molecule has 104 valence electrons. The summed E-state index contributed by atoms with van der Waals surface area (Å²) in [5.41, 5.74) is -1.56. The van der Waals surface area contributed by atoms with E-state index in [0.717, 1.165) is 5.56 Å². The topological polar surface area (TPSA) is 60.8 Å². The van der Waals surface area contributed by atoms with E-state index in [1.54, 1.807) is 4.90 Å². The molecule has 1 aromatic rings. The zero-order valence-electron chi connectivity index (χ0n) is 10.2. The molecule has 0 aromatic heterocycles. The number of carboxylic acids is 1. The summed E-state index contributed by atoms with van der Waals surface area (Å²) in [6, 6.07) is 9.23. The molecule has 1 fully saturated rings. The van der Waals surface area contributed by atoms with Crippen molar-refractivity contribution < 1.29 is 23.8 Å². The first-order valence-electron chi connectivity index (χ1n) is 5.95. The number of carboxylic acid groups (broad SMARTS) is 1. The van der Waals surface area contributed by atoms with Crippen LogP contribution in [0.4, 0.5) is 8.78 Å². The number of β-amino-alcohol motifs (C(OH)–C–C–N with tert-alkyl or cyclic N) is 1. The second-order valence-electron chi connectivity index (χ2n) is 4.86. The van der Waals surface area contributed by atoms with Crippen LogP contribution in [0.3, 0.4) is 0 Å². The third-order valence-corrected chi connectivity index (χ3v) is 3.43. The third-order valence-electron chi connectivity index (χ3n) is 3.43. The Morgan fingerprint density at radius 3 is 2.58 bits per heavy atom. The highest BCUT2D eigenvalue weighted by Gasteiger charge is 2.61. The van der Waals surface area contributed by atoms with Crippen molar-refractivity contribution in [3.05, 3.63) is 35.9 Å². The van der Waals surface area contributed by atoms with E-state index < -0.39 is 17.5 Å². The first-order valence-corrected chi connectivity index (χ1v) is 5.95. The molecule has 1 heterocycles. The van der Waals surface area contributed by atoms with E-state index in [4.69, 9.17) is 5.11 Å². The van der Waals surface area contributed by atoms with Crippen LogP contribution >= 0.6 is 0 Å². The Bertz CT molecular complexity index is 466. The largest absolute Gasteiger partial charge is 0.477 e. The fourth-order valence-corrected chi connectivity index (χ4v) is 2.30. The Morgan fingerprint density at radius 1 is 1.37 bits per heavy atom. The molecule has 1 aromatic carbocycles. The highest BCUT2D eigenvalue weighted by Crippen LogP contribution is 2.37. The number of aliphatic carboxylic acids is 1. The number of likely N-dealkylation sites (tertiary alicyclic amines) is 1. The van der Waals surface area contributed by atoms with Gasteiger partial charge in [0.2, 0.25) is 0 Å². The molecule has 1 atom stereocenters. The van der Waals surface area contributed by atoms with Crippen molar-refractivity contribution in [2.45, 2.75) is 24.5 Å². The SMILES string of the molecule is O=C(O)C(F)(F)C1(O)CCN(Cc2ccccc2)C1. The lowest BCUT2D eigenvalue weighted by molar-refractivity contribution is -0.205. The maximum absolute atomic E-state index is 13.5. The fraction of sp³-hybridized carbons (Fsp3) is 0.462. The Balaban J connectivity index is 2.06. The van der Waals surface area contributed by atoms with Gasteiger partial charge in [-0.25, -0.2) is 4.79 Å². The predicted molar refractivity (Wildman–Crippen MR) is 63.9 cm³/mol. The fourth-order valence-electron chi connectivity index (χ4n) is 2.30. The summed E-state index contributed by atoms with van der Waals surface area (Å²) in [6.45, 7) is 0.314. The van der Waals surface area contributed by atoms with Crippen LogP contribution in [0.1, 0.15) is 12.0 Å². The standard InChI is InChI=1S/C13H15F2NO3/c14-13(15,11(17)18)12(19)6-7-16(9-12)8-10-4-2-1-3-5-10/h1-5,19H,6-9H2,(H,17,18). The van der Waals surface area contributed by atoms with E-state index in [9.17, 15) is 18.7 Å². The molecule has 0 aliphatic carbocycles. The number of hydrogen-bond acceptors (Lipinski definition) is 3. The highest BCUT2D eigenvalue weighted by atomic mass is 19.3. The minimum Gasteiger partial charge on any atom is -0.477 e. The average Bonchev–Trinajstić information content (AvgIpc) is 2.73. The van der Waals surface area contributed by atoms with Gasteiger partial charge >= 0.3 is 11.9 Å². The summed E-state index contributed by atoms with van der Waals surface area (Å²) < 4.78 is 26.9. The number of aliphatic hydroxyl groups is 1. The first kappa shape index (κ1) is 13.9. The molecule has 1 aliphatic heterocycles. The van der Waals surface area contributed by atoms with E-state index >= 15 is 0 Å². The van der Waals surface area contributed by atoms with E-state index in [0.29, 0.717) is 6.54 Å². The molecule has 19 heavy (non-hydrogen) atoms. The number of carbonyl (C=O) groups is 1. The number of hydrogen-bond donors (Lipinski definition) is 2. The first-order chi connectivity index (χ1) is 8.85. The van der Waals surface area contributed by atoms with Crippen molar-refractivity contribution >= 4 is 5.97 Å². The van der Waals surface area contributed by atoms with Gasteiger partial charge in [0.15, 0.2) is 5.60 Å². The van der Waals surface area contributed by atoms with Crippen LogP contribution in [0.2, 0.25) is 0 Å². The van der Waals surface area contributed by atoms with Crippen LogP contribution in [-0.4, -0.2) is 45.7 Å². The maximum atomic E-state index is 13.5. The minimum absolute atomic E-state index is 0.244. The molecule has 0 saturated carbocycles. The van der Waals surface area contributed by atoms with Gasteiger partial charge in [-0.05, 0) is 12.0 Å². The maximum Gasteiger partial charge on any atom is 0.377 e. The normalized spacial score (nSPS) is 24.6. The zero-order valence-corrected chi connectivity index (χ0v) is 10.2. The van der Waals surface area contributed by atoms with E-state index in [2.05, 4.69) is 0 Å². The van der Waals surface area contributed by atoms with Gasteiger partial charge < -0.3 is 10.2 Å². The predicted octanol–water partition coefficient (Wildman–Crippen LogP) is 1.34. The number of alkyl halides is 2. The van der Waals surface area contributed by atoms with Crippen molar-refractivity contribution in [2.24, 2.45) is 0 Å². The molecule has 6 heteroatoms. The Hall–Kier alpha value is -1.53. The van der Waals surface area contributed by atoms with Crippen molar-refractivity contribution in [1.82, 2.24) is 4.90 Å². The lowest BCUT2D eigenvalue weighted by atomic mass is 9.95. The summed E-state index contributed by atoms with van der Waals surface area (Å²) in [4.78, 5) is 12.2. The van der Waals surface area contributed by atoms with Crippen molar-refractivity contribution in [1.29, 1.82) is 0 Å². The molecular formula is C13H15F2NO3. The molecule has 0 bridgehead atoms.